The van der Waals surface area contributed by atoms with Crippen molar-refractivity contribution in [3.63, 3.8) is 0 Å². The molecule has 4 rings (SSSR count). The molecule has 5 nitrogen and oxygen atoms in total. The van der Waals surface area contributed by atoms with Gasteiger partial charge in [-0.2, -0.15) is 0 Å². The Morgan fingerprint density at radius 3 is 2.53 bits per heavy atom. The number of amides is 1. The van der Waals surface area contributed by atoms with Gasteiger partial charge in [-0.05, 0) is 49.0 Å². The predicted octanol–water partition coefficient (Wildman–Crippen LogP) is 5.70. The summed E-state index contributed by atoms with van der Waals surface area (Å²) in [5.74, 6) is 0.491. The van der Waals surface area contributed by atoms with Gasteiger partial charge in [0.15, 0.2) is 10.9 Å². The summed E-state index contributed by atoms with van der Waals surface area (Å²) in [7, 11) is 0. The summed E-state index contributed by atoms with van der Waals surface area (Å²) in [5, 5.41) is 6.68. The van der Waals surface area contributed by atoms with Crippen LogP contribution in [-0.4, -0.2) is 11.0 Å². The van der Waals surface area contributed by atoms with Crippen LogP contribution in [0.1, 0.15) is 29.1 Å². The van der Waals surface area contributed by atoms with E-state index in [1.807, 2.05) is 85.8 Å². The molecule has 0 radical (unpaired) electrons. The summed E-state index contributed by atoms with van der Waals surface area (Å²) in [5.41, 5.74) is 2.45. The molecule has 1 aromatic heterocycles. The summed E-state index contributed by atoms with van der Waals surface area (Å²) in [6.07, 6.45) is -0.0961. The maximum atomic E-state index is 12.4. The van der Waals surface area contributed by atoms with Crippen LogP contribution in [-0.2, 0) is 0 Å². The molecule has 0 bridgehead atoms. The first-order chi connectivity index (χ1) is 14.6. The van der Waals surface area contributed by atoms with Gasteiger partial charge in [-0.1, -0.05) is 54.6 Å². The third-order valence-electron chi connectivity index (χ3n) is 4.55. The minimum atomic E-state index is -0.409. The monoisotopic (exact) mass is 416 g/mol. The third kappa shape index (κ3) is 4.67. The fourth-order valence-corrected chi connectivity index (χ4v) is 3.27. The van der Waals surface area contributed by atoms with Crippen LogP contribution >= 0.6 is 12.2 Å². The third-order valence-corrected chi connectivity index (χ3v) is 4.75. The lowest BCUT2D eigenvalue weighted by Crippen LogP contribution is -2.33. The van der Waals surface area contributed by atoms with Gasteiger partial charge >= 0.3 is 0 Å². The number of hydrogen-bond acceptors (Lipinski definition) is 4. The first-order valence-corrected chi connectivity index (χ1v) is 9.92. The number of nitrogens with one attached hydrogen (secondary N) is 2. The molecule has 0 saturated heterocycles. The minimum absolute atomic E-state index is 0.0961. The normalized spacial score (nSPS) is 11.6. The van der Waals surface area contributed by atoms with E-state index in [1.54, 1.807) is 6.07 Å². The Morgan fingerprint density at radius 2 is 1.73 bits per heavy atom. The van der Waals surface area contributed by atoms with Crippen LogP contribution < -0.4 is 15.4 Å². The fourth-order valence-electron chi connectivity index (χ4n) is 3.06. The topological polar surface area (TPSA) is 63.5 Å². The molecule has 1 heterocycles. The average molecular weight is 417 g/mol. The van der Waals surface area contributed by atoms with Crippen molar-refractivity contribution < 1.29 is 13.9 Å². The quantitative estimate of drug-likeness (QED) is 0.409. The molecule has 0 spiro atoms. The summed E-state index contributed by atoms with van der Waals surface area (Å²) >= 11 is 5.28. The number of fused-ring (bicyclic) bond motifs is 1. The Labute approximate surface area is 179 Å². The second kappa shape index (κ2) is 8.80. The maximum Gasteiger partial charge on any atom is 0.293 e. The molecule has 3 aromatic carbocycles. The number of benzene rings is 3. The molecule has 150 valence electrons. The van der Waals surface area contributed by atoms with E-state index in [1.165, 1.54) is 0 Å². The lowest BCUT2D eigenvalue weighted by Gasteiger charge is -2.16. The van der Waals surface area contributed by atoms with Gasteiger partial charge in [-0.25, -0.2) is 0 Å². The molecule has 2 N–H and O–H groups in total. The zero-order valence-corrected chi connectivity index (χ0v) is 17.1. The number of hydrogen-bond donors (Lipinski definition) is 2. The van der Waals surface area contributed by atoms with Crippen molar-refractivity contribution in [2.24, 2.45) is 0 Å². The van der Waals surface area contributed by atoms with Crippen molar-refractivity contribution >= 4 is 39.9 Å². The molecule has 0 aliphatic heterocycles. The second-order valence-electron chi connectivity index (χ2n) is 6.76. The number of rotatable bonds is 5. The van der Waals surface area contributed by atoms with E-state index in [2.05, 4.69) is 10.6 Å². The van der Waals surface area contributed by atoms with Gasteiger partial charge in [0.2, 0.25) is 0 Å². The fraction of sp³-hybridized carbons (Fsp3) is 0.0833. The van der Waals surface area contributed by atoms with Crippen LogP contribution in [0.5, 0.6) is 5.75 Å². The van der Waals surface area contributed by atoms with Crippen LogP contribution in [0.15, 0.2) is 89.3 Å². The van der Waals surface area contributed by atoms with E-state index in [0.717, 1.165) is 10.9 Å². The highest BCUT2D eigenvalue weighted by atomic mass is 32.1. The molecule has 6 heteroatoms. The average Bonchev–Trinajstić information content (AvgIpc) is 3.19. The predicted molar refractivity (Wildman–Crippen MR) is 122 cm³/mol. The number of thiocarbonyl (C=S) groups is 1. The minimum Gasteiger partial charge on any atom is -0.486 e. The largest absolute Gasteiger partial charge is 0.486 e. The summed E-state index contributed by atoms with van der Waals surface area (Å²) in [6, 6.07) is 26.5. The molecule has 0 aliphatic rings. The lowest BCUT2D eigenvalue weighted by molar-refractivity contribution is 0.0953. The van der Waals surface area contributed by atoms with Crippen molar-refractivity contribution in [2.75, 3.05) is 5.32 Å². The zero-order valence-electron chi connectivity index (χ0n) is 16.3. The molecule has 0 aliphatic carbocycles. The molecular weight excluding hydrogens is 396 g/mol. The summed E-state index contributed by atoms with van der Waals surface area (Å²) in [6.45, 7) is 1.99. The van der Waals surface area contributed by atoms with E-state index in [9.17, 15) is 4.79 Å². The van der Waals surface area contributed by atoms with Crippen LogP contribution in [0.2, 0.25) is 0 Å². The van der Waals surface area contributed by atoms with Crippen LogP contribution in [0.3, 0.4) is 0 Å². The Morgan fingerprint density at radius 1 is 0.967 bits per heavy atom. The molecule has 0 fully saturated rings. The maximum absolute atomic E-state index is 12.4. The van der Waals surface area contributed by atoms with E-state index in [4.69, 9.17) is 21.4 Å². The van der Waals surface area contributed by atoms with Crippen LogP contribution in [0.4, 0.5) is 5.69 Å². The van der Waals surface area contributed by atoms with Crippen molar-refractivity contribution in [2.45, 2.75) is 13.0 Å². The van der Waals surface area contributed by atoms with Crippen LogP contribution in [0, 0.1) is 0 Å². The lowest BCUT2D eigenvalue weighted by atomic mass is 10.1. The van der Waals surface area contributed by atoms with Gasteiger partial charge in [0.25, 0.3) is 5.91 Å². The Hall–Kier alpha value is -3.64. The Kier molecular flexibility index (Phi) is 5.77. The molecule has 4 aromatic rings. The first kappa shape index (κ1) is 19.7. The second-order valence-corrected chi connectivity index (χ2v) is 7.16. The summed E-state index contributed by atoms with van der Waals surface area (Å²) < 4.78 is 11.6. The molecule has 1 atom stereocenters. The zero-order chi connectivity index (χ0) is 20.9. The number of furan rings is 1. The number of carbonyl (C=O) groups is 1. The van der Waals surface area contributed by atoms with Crippen molar-refractivity contribution in [3.05, 3.63) is 96.3 Å². The van der Waals surface area contributed by atoms with Gasteiger partial charge in [-0.3, -0.25) is 10.1 Å². The molecular formula is C24H20N2O3S. The highest BCUT2D eigenvalue weighted by Gasteiger charge is 2.14. The smallest absolute Gasteiger partial charge is 0.293 e. The van der Waals surface area contributed by atoms with E-state index in [0.29, 0.717) is 17.0 Å². The van der Waals surface area contributed by atoms with E-state index in [-0.39, 0.29) is 17.0 Å². The summed E-state index contributed by atoms with van der Waals surface area (Å²) in [4.78, 5) is 12.4. The van der Waals surface area contributed by atoms with Gasteiger partial charge < -0.3 is 14.5 Å². The molecule has 0 saturated carbocycles. The first-order valence-electron chi connectivity index (χ1n) is 9.51. The van der Waals surface area contributed by atoms with Gasteiger partial charge in [-0.15, -0.1) is 0 Å². The standard InChI is InChI=1S/C24H20N2O3S/c1-16(17-8-3-2-4-9-17)28-20-12-7-11-19(15-20)25-24(30)26-23(27)22-14-18-10-5-6-13-21(18)29-22/h2-16H,1H3,(H2,25,26,27,30)/t16-/m1/s1. The van der Waals surface area contributed by atoms with Gasteiger partial charge in [0.05, 0.1) is 0 Å². The van der Waals surface area contributed by atoms with Crippen molar-refractivity contribution in [3.8, 4) is 5.75 Å². The number of para-hydroxylation sites is 1. The number of ether oxygens (including phenoxy) is 1. The highest BCUT2D eigenvalue weighted by molar-refractivity contribution is 7.80. The van der Waals surface area contributed by atoms with Crippen LogP contribution in [0.25, 0.3) is 11.0 Å². The SMILES string of the molecule is C[C@@H](Oc1cccc(NC(=S)NC(=O)c2cc3ccccc3o2)c1)c1ccccc1. The number of carbonyl (C=O) groups excluding carboxylic acids is 1. The van der Waals surface area contributed by atoms with Crippen molar-refractivity contribution in [1.82, 2.24) is 5.32 Å². The number of anilines is 1. The molecule has 1 amide bonds. The molecule has 0 unspecified atom stereocenters. The van der Waals surface area contributed by atoms with Gasteiger partial charge in [0, 0.05) is 17.1 Å². The Balaban J connectivity index is 1.38. The highest BCUT2D eigenvalue weighted by Crippen LogP contribution is 2.24. The van der Waals surface area contributed by atoms with Crippen molar-refractivity contribution in [1.29, 1.82) is 0 Å². The van der Waals surface area contributed by atoms with Gasteiger partial charge in [0.1, 0.15) is 17.4 Å². The Bertz CT molecular complexity index is 1150. The van der Waals surface area contributed by atoms with E-state index >= 15 is 0 Å². The van der Waals surface area contributed by atoms with E-state index < -0.39 is 5.91 Å². The molecule has 30 heavy (non-hydrogen) atoms.